The van der Waals surface area contributed by atoms with E-state index in [1.807, 2.05) is 0 Å². The van der Waals surface area contributed by atoms with Gasteiger partial charge in [-0.1, -0.05) is 32.0 Å². The van der Waals surface area contributed by atoms with Gasteiger partial charge in [-0.25, -0.2) is 0 Å². The summed E-state index contributed by atoms with van der Waals surface area (Å²) >= 11 is 5.55. The van der Waals surface area contributed by atoms with Gasteiger partial charge < -0.3 is 15.5 Å². The molecule has 0 aromatic heterocycles. The Labute approximate surface area is 163 Å². The maximum absolute atomic E-state index is 5.55. The number of hydrogen-bond acceptors (Lipinski definition) is 2. The van der Waals surface area contributed by atoms with Gasteiger partial charge >= 0.3 is 0 Å². The van der Waals surface area contributed by atoms with E-state index in [1.54, 1.807) is 0 Å². The first-order chi connectivity index (χ1) is 12.5. The van der Waals surface area contributed by atoms with E-state index in [1.165, 1.54) is 16.8 Å². The smallest absolute Gasteiger partial charge is 0.175 e. The molecule has 0 saturated heterocycles. The average Bonchev–Trinajstić information content (AvgIpc) is 2.63. The summed E-state index contributed by atoms with van der Waals surface area (Å²) < 4.78 is 0. The summed E-state index contributed by atoms with van der Waals surface area (Å²) in [6.07, 6.45) is 1.96. The summed E-state index contributed by atoms with van der Waals surface area (Å²) in [6.45, 7) is 11.9. The molecule has 26 heavy (non-hydrogen) atoms. The van der Waals surface area contributed by atoms with Crippen molar-refractivity contribution in [2.45, 2.75) is 53.5 Å². The maximum atomic E-state index is 5.55. The Morgan fingerprint density at radius 2 is 1.50 bits per heavy atom. The minimum absolute atomic E-state index is 0.486. The van der Waals surface area contributed by atoms with Crippen molar-refractivity contribution < 1.29 is 0 Å². The number of rotatable bonds is 7. The largest absolute Gasteiger partial charge is 0.369 e. The van der Waals surface area contributed by atoms with Gasteiger partial charge in [0.05, 0.1) is 0 Å². The van der Waals surface area contributed by atoms with Crippen LogP contribution < -0.4 is 15.5 Å². The first-order valence-electron chi connectivity index (χ1n) is 9.55. The van der Waals surface area contributed by atoms with Gasteiger partial charge in [-0.15, -0.1) is 0 Å². The van der Waals surface area contributed by atoms with Crippen LogP contribution in [0.15, 0.2) is 42.5 Å². The molecule has 0 radical (unpaired) electrons. The van der Waals surface area contributed by atoms with Crippen molar-refractivity contribution in [1.29, 1.82) is 0 Å². The molecule has 0 bridgehead atoms. The van der Waals surface area contributed by atoms with Crippen molar-refractivity contribution in [3.8, 4) is 0 Å². The third-order valence-electron chi connectivity index (χ3n) is 4.66. The molecule has 3 nitrogen and oxygen atoms in total. The molecule has 0 aliphatic heterocycles. The number of aryl methyl sites for hydroxylation is 2. The highest BCUT2D eigenvalue weighted by Crippen LogP contribution is 2.24. The minimum atomic E-state index is 0.486. The molecular weight excluding hydrogens is 338 g/mol. The standard InChI is InChI=1S/C22H31N3S/c1-6-17-10-9-11-18(7-2)21(17)24-22(26)23-19-12-14-20(15-13-19)25(8-3)16(4)5/h9-16H,6-8H2,1-5H3,(H2,23,24,26). The fourth-order valence-electron chi connectivity index (χ4n) is 3.26. The number of nitrogens with one attached hydrogen (secondary N) is 2. The molecule has 0 aliphatic rings. The predicted molar refractivity (Wildman–Crippen MR) is 120 cm³/mol. The van der Waals surface area contributed by atoms with Crippen LogP contribution in [0.4, 0.5) is 17.1 Å². The molecule has 0 unspecified atom stereocenters. The molecule has 2 N–H and O–H groups in total. The first-order valence-corrected chi connectivity index (χ1v) is 9.96. The Morgan fingerprint density at radius 3 is 1.96 bits per heavy atom. The van der Waals surface area contributed by atoms with Crippen molar-refractivity contribution in [3.63, 3.8) is 0 Å². The maximum Gasteiger partial charge on any atom is 0.175 e. The van der Waals surface area contributed by atoms with Crippen molar-refractivity contribution >= 4 is 34.4 Å². The Hall–Kier alpha value is -2.07. The van der Waals surface area contributed by atoms with Crippen LogP contribution in [0.5, 0.6) is 0 Å². The molecule has 2 rings (SSSR count). The second-order valence-corrected chi connectivity index (χ2v) is 7.07. The van der Waals surface area contributed by atoms with Crippen molar-refractivity contribution in [2.24, 2.45) is 0 Å². The highest BCUT2D eigenvalue weighted by Gasteiger charge is 2.10. The Balaban J connectivity index is 2.09. The van der Waals surface area contributed by atoms with E-state index in [2.05, 4.69) is 92.6 Å². The van der Waals surface area contributed by atoms with Crippen LogP contribution in [-0.2, 0) is 12.8 Å². The molecule has 140 valence electrons. The lowest BCUT2D eigenvalue weighted by molar-refractivity contribution is 0.704. The fourth-order valence-corrected chi connectivity index (χ4v) is 3.48. The normalized spacial score (nSPS) is 10.7. The van der Waals surface area contributed by atoms with Gasteiger partial charge in [0, 0.05) is 29.6 Å². The topological polar surface area (TPSA) is 27.3 Å². The fraction of sp³-hybridized carbons (Fsp3) is 0.409. The van der Waals surface area contributed by atoms with Gasteiger partial charge in [0.1, 0.15) is 0 Å². The summed E-state index contributed by atoms with van der Waals surface area (Å²) in [7, 11) is 0. The van der Waals surface area contributed by atoms with Crippen LogP contribution in [0.25, 0.3) is 0 Å². The molecular formula is C22H31N3S. The van der Waals surface area contributed by atoms with Gasteiger partial charge in [0.2, 0.25) is 0 Å². The van der Waals surface area contributed by atoms with Gasteiger partial charge in [-0.2, -0.15) is 0 Å². The molecule has 0 fully saturated rings. The first kappa shape index (κ1) is 20.2. The van der Waals surface area contributed by atoms with Crippen LogP contribution >= 0.6 is 12.2 Å². The average molecular weight is 370 g/mol. The van der Waals surface area contributed by atoms with E-state index in [0.29, 0.717) is 11.2 Å². The third-order valence-corrected chi connectivity index (χ3v) is 4.86. The number of hydrogen-bond donors (Lipinski definition) is 2. The molecule has 0 aliphatic carbocycles. The zero-order chi connectivity index (χ0) is 19.1. The van der Waals surface area contributed by atoms with Crippen LogP contribution in [0.2, 0.25) is 0 Å². The van der Waals surface area contributed by atoms with E-state index in [9.17, 15) is 0 Å². The molecule has 4 heteroatoms. The number of anilines is 3. The van der Waals surface area contributed by atoms with Gasteiger partial charge in [-0.3, -0.25) is 0 Å². The highest BCUT2D eigenvalue weighted by atomic mass is 32.1. The number of thiocarbonyl (C=S) groups is 1. The third kappa shape index (κ3) is 4.98. The lowest BCUT2D eigenvalue weighted by atomic mass is 10.0. The summed E-state index contributed by atoms with van der Waals surface area (Å²) in [5, 5.41) is 7.34. The molecule has 2 aromatic carbocycles. The minimum Gasteiger partial charge on any atom is -0.369 e. The second kappa shape index (κ2) is 9.58. The van der Waals surface area contributed by atoms with Gasteiger partial charge in [0.15, 0.2) is 5.11 Å². The molecule has 2 aromatic rings. The van der Waals surface area contributed by atoms with Crippen LogP contribution in [0.1, 0.15) is 45.7 Å². The highest BCUT2D eigenvalue weighted by molar-refractivity contribution is 7.80. The zero-order valence-electron chi connectivity index (χ0n) is 16.6. The lowest BCUT2D eigenvalue weighted by Gasteiger charge is -2.27. The molecule has 0 heterocycles. The van der Waals surface area contributed by atoms with Crippen molar-refractivity contribution in [3.05, 3.63) is 53.6 Å². The molecule has 0 amide bonds. The van der Waals surface area contributed by atoms with E-state index in [-0.39, 0.29) is 0 Å². The van der Waals surface area contributed by atoms with Crippen molar-refractivity contribution in [1.82, 2.24) is 0 Å². The molecule has 0 atom stereocenters. The van der Waals surface area contributed by atoms with E-state index < -0.39 is 0 Å². The van der Waals surface area contributed by atoms with Crippen molar-refractivity contribution in [2.75, 3.05) is 22.1 Å². The molecule has 0 saturated carbocycles. The van der Waals surface area contributed by atoms with Crippen LogP contribution in [0, 0.1) is 0 Å². The van der Waals surface area contributed by atoms with E-state index in [0.717, 1.165) is 30.8 Å². The summed E-state index contributed by atoms with van der Waals surface area (Å²) in [6, 6.07) is 15.4. The van der Waals surface area contributed by atoms with Crippen LogP contribution in [0.3, 0.4) is 0 Å². The summed E-state index contributed by atoms with van der Waals surface area (Å²) in [5.74, 6) is 0. The van der Waals surface area contributed by atoms with E-state index >= 15 is 0 Å². The van der Waals surface area contributed by atoms with Crippen LogP contribution in [-0.4, -0.2) is 17.7 Å². The molecule has 0 spiro atoms. The Bertz CT molecular complexity index is 700. The quantitative estimate of drug-likeness (QED) is 0.598. The van der Waals surface area contributed by atoms with Gasteiger partial charge in [0.25, 0.3) is 0 Å². The number of para-hydroxylation sites is 1. The monoisotopic (exact) mass is 369 g/mol. The van der Waals surface area contributed by atoms with Gasteiger partial charge in [-0.05, 0) is 81.2 Å². The summed E-state index contributed by atoms with van der Waals surface area (Å²) in [5.41, 5.74) is 5.96. The van der Waals surface area contributed by atoms with E-state index in [4.69, 9.17) is 12.2 Å². The summed E-state index contributed by atoms with van der Waals surface area (Å²) in [4.78, 5) is 2.37. The zero-order valence-corrected chi connectivity index (χ0v) is 17.4. The number of nitrogens with zero attached hydrogens (tertiary/aromatic N) is 1. The SMILES string of the molecule is CCc1cccc(CC)c1NC(=S)Nc1ccc(N(CC)C(C)C)cc1. The Kier molecular flexibility index (Phi) is 7.46. The second-order valence-electron chi connectivity index (χ2n) is 6.66. The number of benzene rings is 2. The lowest BCUT2D eigenvalue weighted by Crippen LogP contribution is -2.30. The predicted octanol–water partition coefficient (Wildman–Crippen LogP) is 5.86. The Morgan fingerprint density at radius 1 is 0.923 bits per heavy atom.